The molecule has 76 valence electrons. The number of hydrogen-bond acceptors (Lipinski definition) is 3. The molecule has 2 aliphatic heterocycles. The Bertz CT molecular complexity index is 168. The zero-order valence-corrected chi connectivity index (χ0v) is 9.44. The number of rotatable bonds is 3. The smallest absolute Gasteiger partial charge is 0.0325 e. The Hall–Kier alpha value is 0.270. The number of likely N-dealkylation sites (tertiary alicyclic amines) is 1. The van der Waals surface area contributed by atoms with Gasteiger partial charge in [0.15, 0.2) is 0 Å². The maximum atomic E-state index is 3.77. The Kier molecular flexibility index (Phi) is 3.17. The number of hydrogen-bond donors (Lipinski definition) is 1. The monoisotopic (exact) mass is 200 g/mol. The van der Waals surface area contributed by atoms with Crippen molar-refractivity contribution < 1.29 is 0 Å². The first-order valence-corrected chi connectivity index (χ1v) is 6.51. The molecular formula is C10H20N2S. The minimum Gasteiger partial charge on any atom is -0.308 e. The van der Waals surface area contributed by atoms with Gasteiger partial charge in [-0.05, 0) is 18.2 Å². The number of nitrogens with one attached hydrogen (secondary N) is 1. The van der Waals surface area contributed by atoms with Crippen LogP contribution in [0.3, 0.4) is 0 Å². The molecule has 0 bridgehead atoms. The van der Waals surface area contributed by atoms with Crippen LogP contribution in [0.2, 0.25) is 0 Å². The Morgan fingerprint density at radius 1 is 1.38 bits per heavy atom. The summed E-state index contributed by atoms with van der Waals surface area (Å²) >= 11 is 2.10. The second kappa shape index (κ2) is 4.20. The standard InChI is InChI=1S/C10H20N2S/c1-3-12-4-9(5-12)11-10-7-13-6-8(10)2/h8-11H,3-7H2,1-2H3. The molecule has 0 amide bonds. The fourth-order valence-corrected chi connectivity index (χ4v) is 3.53. The first kappa shape index (κ1) is 9.81. The van der Waals surface area contributed by atoms with Gasteiger partial charge in [-0.25, -0.2) is 0 Å². The maximum Gasteiger partial charge on any atom is 0.0325 e. The molecule has 1 N–H and O–H groups in total. The lowest BCUT2D eigenvalue weighted by Crippen LogP contribution is -2.60. The van der Waals surface area contributed by atoms with Gasteiger partial charge in [-0.3, -0.25) is 0 Å². The molecule has 0 aromatic carbocycles. The summed E-state index contributed by atoms with van der Waals surface area (Å²) in [4.78, 5) is 2.49. The summed E-state index contributed by atoms with van der Waals surface area (Å²) in [5.41, 5.74) is 0. The van der Waals surface area contributed by atoms with Crippen molar-refractivity contribution in [1.29, 1.82) is 0 Å². The highest BCUT2D eigenvalue weighted by Gasteiger charge is 2.31. The van der Waals surface area contributed by atoms with Crippen LogP contribution in [-0.2, 0) is 0 Å². The zero-order chi connectivity index (χ0) is 9.26. The minimum atomic E-state index is 0.783. The molecule has 2 atom stereocenters. The van der Waals surface area contributed by atoms with Crippen LogP contribution in [0, 0.1) is 5.92 Å². The van der Waals surface area contributed by atoms with E-state index in [4.69, 9.17) is 0 Å². The first-order valence-electron chi connectivity index (χ1n) is 5.35. The highest BCUT2D eigenvalue weighted by atomic mass is 32.2. The van der Waals surface area contributed by atoms with E-state index in [1.165, 1.54) is 31.1 Å². The second-order valence-electron chi connectivity index (χ2n) is 4.34. The molecule has 0 aromatic rings. The fourth-order valence-electron chi connectivity index (χ4n) is 2.11. The molecule has 2 aliphatic rings. The molecular weight excluding hydrogens is 180 g/mol. The van der Waals surface area contributed by atoms with Gasteiger partial charge in [0, 0.05) is 30.9 Å². The molecule has 13 heavy (non-hydrogen) atoms. The lowest BCUT2D eigenvalue weighted by atomic mass is 10.0. The molecule has 2 nitrogen and oxygen atoms in total. The molecule has 0 aliphatic carbocycles. The van der Waals surface area contributed by atoms with Crippen LogP contribution in [-0.4, -0.2) is 48.1 Å². The van der Waals surface area contributed by atoms with E-state index in [0.29, 0.717) is 0 Å². The Labute approximate surface area is 85.4 Å². The first-order chi connectivity index (χ1) is 6.29. The maximum absolute atomic E-state index is 3.77. The van der Waals surface area contributed by atoms with Gasteiger partial charge in [0.1, 0.15) is 0 Å². The van der Waals surface area contributed by atoms with Crippen LogP contribution < -0.4 is 5.32 Å². The third kappa shape index (κ3) is 2.20. The molecule has 0 aromatic heterocycles. The molecule has 0 saturated carbocycles. The fraction of sp³-hybridized carbons (Fsp3) is 1.00. The Morgan fingerprint density at radius 2 is 2.15 bits per heavy atom. The molecule has 2 heterocycles. The van der Waals surface area contributed by atoms with Crippen LogP contribution in [0.15, 0.2) is 0 Å². The van der Waals surface area contributed by atoms with E-state index in [1.807, 2.05) is 0 Å². The molecule has 2 rings (SSSR count). The predicted octanol–water partition coefficient (Wildman–Crippen LogP) is 1.03. The van der Waals surface area contributed by atoms with Crippen LogP contribution in [0.4, 0.5) is 0 Å². The summed E-state index contributed by atoms with van der Waals surface area (Å²) in [6.07, 6.45) is 0. The van der Waals surface area contributed by atoms with E-state index in [9.17, 15) is 0 Å². The quantitative estimate of drug-likeness (QED) is 0.732. The molecule has 3 heteroatoms. The SMILES string of the molecule is CCN1CC(NC2CSCC2C)C1. The van der Waals surface area contributed by atoms with Crippen LogP contribution in [0.25, 0.3) is 0 Å². The normalized spacial score (nSPS) is 36.5. The lowest BCUT2D eigenvalue weighted by molar-refractivity contribution is 0.123. The van der Waals surface area contributed by atoms with Crippen LogP contribution in [0.1, 0.15) is 13.8 Å². The van der Waals surface area contributed by atoms with Crippen molar-refractivity contribution in [3.05, 3.63) is 0 Å². The van der Waals surface area contributed by atoms with E-state index >= 15 is 0 Å². The number of nitrogens with zero attached hydrogens (tertiary/aromatic N) is 1. The van der Waals surface area contributed by atoms with Crippen molar-refractivity contribution in [3.8, 4) is 0 Å². The van der Waals surface area contributed by atoms with Crippen LogP contribution >= 0.6 is 11.8 Å². The van der Waals surface area contributed by atoms with Gasteiger partial charge >= 0.3 is 0 Å². The molecule has 2 saturated heterocycles. The summed E-state index contributed by atoms with van der Waals surface area (Å²) in [5, 5.41) is 3.77. The number of thioether (sulfide) groups is 1. The van der Waals surface area contributed by atoms with Gasteiger partial charge in [0.25, 0.3) is 0 Å². The third-order valence-electron chi connectivity index (χ3n) is 3.22. The highest BCUT2D eigenvalue weighted by molar-refractivity contribution is 7.99. The molecule has 2 unspecified atom stereocenters. The Balaban J connectivity index is 1.68. The van der Waals surface area contributed by atoms with Crippen molar-refractivity contribution in [2.24, 2.45) is 5.92 Å². The van der Waals surface area contributed by atoms with Crippen molar-refractivity contribution in [3.63, 3.8) is 0 Å². The van der Waals surface area contributed by atoms with Gasteiger partial charge in [0.2, 0.25) is 0 Å². The van der Waals surface area contributed by atoms with E-state index < -0.39 is 0 Å². The minimum absolute atomic E-state index is 0.783. The lowest BCUT2D eigenvalue weighted by Gasteiger charge is -2.41. The van der Waals surface area contributed by atoms with Crippen molar-refractivity contribution in [2.75, 3.05) is 31.1 Å². The summed E-state index contributed by atoms with van der Waals surface area (Å²) in [5.74, 6) is 3.55. The molecule has 2 fully saturated rings. The number of likely N-dealkylation sites (N-methyl/N-ethyl adjacent to an activating group) is 1. The average Bonchev–Trinajstić information content (AvgIpc) is 2.43. The molecule has 0 radical (unpaired) electrons. The summed E-state index contributed by atoms with van der Waals surface area (Å²) in [6, 6.07) is 1.57. The van der Waals surface area contributed by atoms with E-state index in [0.717, 1.165) is 18.0 Å². The highest BCUT2D eigenvalue weighted by Crippen LogP contribution is 2.24. The van der Waals surface area contributed by atoms with E-state index in [2.05, 4.69) is 35.8 Å². The average molecular weight is 200 g/mol. The van der Waals surface area contributed by atoms with Gasteiger partial charge in [-0.2, -0.15) is 11.8 Å². The zero-order valence-electron chi connectivity index (χ0n) is 8.62. The van der Waals surface area contributed by atoms with Crippen molar-refractivity contribution in [1.82, 2.24) is 10.2 Å². The summed E-state index contributed by atoms with van der Waals surface area (Å²) < 4.78 is 0. The largest absolute Gasteiger partial charge is 0.308 e. The van der Waals surface area contributed by atoms with Crippen LogP contribution in [0.5, 0.6) is 0 Å². The second-order valence-corrected chi connectivity index (χ2v) is 5.41. The van der Waals surface area contributed by atoms with E-state index in [1.54, 1.807) is 0 Å². The van der Waals surface area contributed by atoms with E-state index in [-0.39, 0.29) is 0 Å². The van der Waals surface area contributed by atoms with Gasteiger partial charge < -0.3 is 10.2 Å². The van der Waals surface area contributed by atoms with Gasteiger partial charge in [-0.1, -0.05) is 13.8 Å². The van der Waals surface area contributed by atoms with Crippen molar-refractivity contribution in [2.45, 2.75) is 25.9 Å². The molecule has 0 spiro atoms. The Morgan fingerprint density at radius 3 is 2.69 bits per heavy atom. The summed E-state index contributed by atoms with van der Waals surface area (Å²) in [6.45, 7) is 8.36. The van der Waals surface area contributed by atoms with Gasteiger partial charge in [-0.15, -0.1) is 0 Å². The topological polar surface area (TPSA) is 15.3 Å². The van der Waals surface area contributed by atoms with Gasteiger partial charge in [0.05, 0.1) is 0 Å². The third-order valence-corrected chi connectivity index (χ3v) is 4.58. The predicted molar refractivity (Wildman–Crippen MR) is 59.3 cm³/mol. The summed E-state index contributed by atoms with van der Waals surface area (Å²) in [7, 11) is 0. The van der Waals surface area contributed by atoms with Crippen molar-refractivity contribution >= 4 is 11.8 Å².